The summed E-state index contributed by atoms with van der Waals surface area (Å²) < 4.78 is 65.0. The summed E-state index contributed by atoms with van der Waals surface area (Å²) in [4.78, 5) is 0. The van der Waals surface area contributed by atoms with Gasteiger partial charge in [0.25, 0.3) is 0 Å². The zero-order valence-electron chi connectivity index (χ0n) is 9.23. The summed E-state index contributed by atoms with van der Waals surface area (Å²) in [5, 5.41) is 17.5. The summed E-state index contributed by atoms with van der Waals surface area (Å²) in [5.74, 6) is -4.74. The second kappa shape index (κ2) is 5.92. The summed E-state index contributed by atoms with van der Waals surface area (Å²) in [6.07, 6.45) is -7.48. The Morgan fingerprint density at radius 3 is 1.82 bits per heavy atom. The van der Waals surface area contributed by atoms with Crippen LogP contribution >= 0.6 is 0 Å². The number of ether oxygens (including phenoxy) is 1. The van der Waals surface area contributed by atoms with Gasteiger partial charge in [-0.05, 0) is 13.3 Å². The zero-order chi connectivity index (χ0) is 13.7. The third-order valence-corrected chi connectivity index (χ3v) is 2.17. The van der Waals surface area contributed by atoms with Gasteiger partial charge in [0.15, 0.2) is 0 Å². The van der Waals surface area contributed by atoms with Crippen LogP contribution in [-0.4, -0.2) is 47.7 Å². The zero-order valence-corrected chi connectivity index (χ0v) is 9.23. The van der Waals surface area contributed by atoms with E-state index in [0.717, 1.165) is 0 Å². The van der Waals surface area contributed by atoms with Crippen molar-refractivity contribution >= 4 is 0 Å². The molecule has 0 heterocycles. The van der Waals surface area contributed by atoms with E-state index in [1.807, 2.05) is 0 Å². The average molecular weight is 266 g/mol. The molecule has 0 saturated carbocycles. The molecule has 8 heteroatoms. The van der Waals surface area contributed by atoms with Gasteiger partial charge in [-0.15, -0.1) is 0 Å². The number of rotatable bonds is 7. The van der Waals surface area contributed by atoms with Crippen molar-refractivity contribution in [3.63, 3.8) is 0 Å². The van der Waals surface area contributed by atoms with Crippen molar-refractivity contribution < 1.29 is 36.9 Å². The summed E-state index contributed by atoms with van der Waals surface area (Å²) in [6.45, 7) is -0.198. The van der Waals surface area contributed by atoms with Gasteiger partial charge in [-0.1, -0.05) is 0 Å². The number of alkyl halides is 5. The molecule has 0 aromatic carbocycles. The molecule has 0 spiro atoms. The lowest BCUT2D eigenvalue weighted by Crippen LogP contribution is -2.39. The molecule has 0 saturated heterocycles. The summed E-state index contributed by atoms with van der Waals surface area (Å²) in [5.41, 5.74) is -1.33. The Balaban J connectivity index is 4.01. The van der Waals surface area contributed by atoms with Crippen molar-refractivity contribution in [3.8, 4) is 0 Å². The van der Waals surface area contributed by atoms with Gasteiger partial charge in [-0.2, -0.15) is 22.0 Å². The number of aliphatic hydroxyl groups is 2. The molecule has 0 bridgehead atoms. The SMILES string of the molecule is CC(CO)(CO)OCCCC(F)(F)C(F)(F)F. The largest absolute Gasteiger partial charge is 0.453 e. The molecule has 0 aliphatic rings. The maximum atomic E-state index is 12.4. The van der Waals surface area contributed by atoms with Crippen molar-refractivity contribution in [3.05, 3.63) is 0 Å². The van der Waals surface area contributed by atoms with Crippen molar-refractivity contribution in [2.24, 2.45) is 0 Å². The molecule has 0 aromatic rings. The Kier molecular flexibility index (Phi) is 5.76. The van der Waals surface area contributed by atoms with E-state index in [-0.39, 0.29) is 0 Å². The Morgan fingerprint density at radius 1 is 1.00 bits per heavy atom. The van der Waals surface area contributed by atoms with Gasteiger partial charge in [0.1, 0.15) is 5.60 Å². The second-order valence-electron chi connectivity index (χ2n) is 3.92. The molecule has 0 unspecified atom stereocenters. The first-order chi connectivity index (χ1) is 7.58. The van der Waals surface area contributed by atoms with Gasteiger partial charge in [0, 0.05) is 13.0 Å². The summed E-state index contributed by atoms with van der Waals surface area (Å²) >= 11 is 0. The third kappa shape index (κ3) is 5.13. The van der Waals surface area contributed by atoms with Crippen LogP contribution in [0.3, 0.4) is 0 Å². The predicted octanol–water partition coefficient (Wildman–Crippen LogP) is 1.72. The molecule has 104 valence electrons. The molecule has 0 aliphatic carbocycles. The standard InChI is InChI=1S/C9H15F5O3/c1-7(5-15,6-16)17-4-2-3-8(10,11)9(12,13)14/h15-16H,2-6H2,1H3. The van der Waals surface area contributed by atoms with Crippen LogP contribution in [0.1, 0.15) is 19.8 Å². The number of hydrogen-bond acceptors (Lipinski definition) is 3. The Bertz CT molecular complexity index is 225. The van der Waals surface area contributed by atoms with Crippen LogP contribution in [0.4, 0.5) is 22.0 Å². The van der Waals surface area contributed by atoms with Crippen molar-refractivity contribution in [2.45, 2.75) is 37.5 Å². The van der Waals surface area contributed by atoms with E-state index in [0.29, 0.717) is 0 Å². The minimum absolute atomic E-state index is 0.400. The second-order valence-corrected chi connectivity index (χ2v) is 3.92. The highest BCUT2D eigenvalue weighted by Gasteiger charge is 2.56. The van der Waals surface area contributed by atoms with Crippen molar-refractivity contribution in [1.29, 1.82) is 0 Å². The number of aliphatic hydroxyl groups excluding tert-OH is 2. The molecule has 0 aromatic heterocycles. The van der Waals surface area contributed by atoms with Crippen molar-refractivity contribution in [1.82, 2.24) is 0 Å². The monoisotopic (exact) mass is 266 g/mol. The molecule has 0 atom stereocenters. The minimum atomic E-state index is -5.57. The molecule has 0 aliphatic heterocycles. The predicted molar refractivity (Wildman–Crippen MR) is 48.8 cm³/mol. The quantitative estimate of drug-likeness (QED) is 0.545. The molecular weight excluding hydrogens is 251 g/mol. The van der Waals surface area contributed by atoms with E-state index in [9.17, 15) is 22.0 Å². The van der Waals surface area contributed by atoms with Crippen molar-refractivity contribution in [2.75, 3.05) is 19.8 Å². The summed E-state index contributed by atoms with van der Waals surface area (Å²) in [7, 11) is 0. The van der Waals surface area contributed by atoms with Gasteiger partial charge >= 0.3 is 12.1 Å². The fraction of sp³-hybridized carbons (Fsp3) is 1.00. The fourth-order valence-electron chi connectivity index (χ4n) is 0.896. The highest BCUT2D eigenvalue weighted by atomic mass is 19.4. The molecule has 0 rings (SSSR count). The number of hydrogen-bond donors (Lipinski definition) is 2. The van der Waals surface area contributed by atoms with Gasteiger partial charge in [-0.3, -0.25) is 0 Å². The first kappa shape index (κ1) is 16.5. The molecule has 2 N–H and O–H groups in total. The topological polar surface area (TPSA) is 49.7 Å². The van der Waals surface area contributed by atoms with Crippen LogP contribution < -0.4 is 0 Å². The highest BCUT2D eigenvalue weighted by Crippen LogP contribution is 2.38. The smallest absolute Gasteiger partial charge is 0.393 e. The summed E-state index contributed by atoms with van der Waals surface area (Å²) in [6, 6.07) is 0. The maximum Gasteiger partial charge on any atom is 0.453 e. The van der Waals surface area contributed by atoms with E-state index in [1.54, 1.807) is 0 Å². The Morgan fingerprint density at radius 2 is 1.47 bits per heavy atom. The van der Waals surface area contributed by atoms with Gasteiger partial charge in [0.05, 0.1) is 13.2 Å². The normalized spacial score (nSPS) is 14.1. The van der Waals surface area contributed by atoms with E-state index in [1.165, 1.54) is 6.92 Å². The first-order valence-corrected chi connectivity index (χ1v) is 4.88. The van der Waals surface area contributed by atoms with E-state index < -0.39 is 50.4 Å². The highest BCUT2D eigenvalue weighted by molar-refractivity contribution is 4.76. The van der Waals surface area contributed by atoms with Crippen LogP contribution in [0.2, 0.25) is 0 Å². The lowest BCUT2D eigenvalue weighted by molar-refractivity contribution is -0.285. The fourth-order valence-corrected chi connectivity index (χ4v) is 0.896. The van der Waals surface area contributed by atoms with Crippen LogP contribution in [0.5, 0.6) is 0 Å². The molecule has 0 radical (unpaired) electrons. The van der Waals surface area contributed by atoms with Crippen LogP contribution in [0.25, 0.3) is 0 Å². The first-order valence-electron chi connectivity index (χ1n) is 4.88. The van der Waals surface area contributed by atoms with E-state index in [4.69, 9.17) is 14.9 Å². The average Bonchev–Trinajstić information content (AvgIpc) is 2.22. The lowest BCUT2D eigenvalue weighted by atomic mass is 10.1. The molecule has 0 amide bonds. The Labute approximate surface area is 95.2 Å². The van der Waals surface area contributed by atoms with E-state index in [2.05, 4.69) is 0 Å². The van der Waals surface area contributed by atoms with Gasteiger partial charge in [-0.25, -0.2) is 0 Å². The number of halogens is 5. The van der Waals surface area contributed by atoms with Gasteiger partial charge in [0.2, 0.25) is 0 Å². The minimum Gasteiger partial charge on any atom is -0.393 e. The Hall–Kier alpha value is -0.470. The van der Waals surface area contributed by atoms with Crippen LogP contribution in [-0.2, 0) is 4.74 Å². The van der Waals surface area contributed by atoms with Crippen LogP contribution in [0, 0.1) is 0 Å². The maximum absolute atomic E-state index is 12.4. The molecule has 3 nitrogen and oxygen atoms in total. The molecular formula is C9H15F5O3. The third-order valence-electron chi connectivity index (χ3n) is 2.17. The van der Waals surface area contributed by atoms with Gasteiger partial charge < -0.3 is 14.9 Å². The van der Waals surface area contributed by atoms with E-state index >= 15 is 0 Å². The molecule has 0 fully saturated rings. The van der Waals surface area contributed by atoms with Crippen LogP contribution in [0.15, 0.2) is 0 Å². The lowest BCUT2D eigenvalue weighted by Gasteiger charge is -2.26. The molecule has 17 heavy (non-hydrogen) atoms.